The molecule has 1 aromatic carbocycles. The van der Waals surface area contributed by atoms with Gasteiger partial charge in [0.25, 0.3) is 0 Å². The zero-order chi connectivity index (χ0) is 17.1. The van der Waals surface area contributed by atoms with Gasteiger partial charge in [0, 0.05) is 12.6 Å². The third-order valence-corrected chi connectivity index (χ3v) is 4.84. The monoisotopic (exact) mass is 348 g/mol. The zero-order valence-corrected chi connectivity index (χ0v) is 14.5. The number of ether oxygens (including phenoxy) is 1. The van der Waals surface area contributed by atoms with Gasteiger partial charge in [-0.15, -0.1) is 11.3 Å². The summed E-state index contributed by atoms with van der Waals surface area (Å²) in [6.07, 6.45) is 2.48. The molecule has 2 heterocycles. The number of urea groups is 1. The number of hydrogen-bond acceptors (Lipinski definition) is 5. The lowest BCUT2D eigenvalue weighted by Gasteiger charge is -2.16. The minimum atomic E-state index is -0.507. The molecule has 0 unspecified atom stereocenters. The van der Waals surface area contributed by atoms with E-state index in [9.17, 15) is 9.59 Å². The largest absolute Gasteiger partial charge is 0.494 e. The van der Waals surface area contributed by atoms with Gasteiger partial charge in [-0.1, -0.05) is 0 Å². The van der Waals surface area contributed by atoms with Crippen molar-refractivity contribution in [3.05, 3.63) is 17.1 Å². The summed E-state index contributed by atoms with van der Waals surface area (Å²) >= 11 is 1.55. The van der Waals surface area contributed by atoms with E-state index in [2.05, 4.69) is 20.9 Å². The van der Waals surface area contributed by atoms with E-state index in [1.54, 1.807) is 24.5 Å². The highest BCUT2D eigenvalue weighted by Crippen LogP contribution is 2.33. The highest BCUT2D eigenvalue weighted by Gasteiger charge is 2.23. The van der Waals surface area contributed by atoms with Gasteiger partial charge < -0.3 is 20.7 Å². The molecule has 128 valence electrons. The van der Waals surface area contributed by atoms with E-state index in [1.807, 2.05) is 13.0 Å². The van der Waals surface area contributed by atoms with Crippen LogP contribution in [0.1, 0.15) is 24.3 Å². The van der Waals surface area contributed by atoms with Gasteiger partial charge >= 0.3 is 6.03 Å². The molecule has 0 bridgehead atoms. The van der Waals surface area contributed by atoms with E-state index in [4.69, 9.17) is 4.74 Å². The molecule has 1 atom stereocenters. The van der Waals surface area contributed by atoms with E-state index in [-0.39, 0.29) is 5.91 Å². The topological polar surface area (TPSA) is 92.3 Å². The number of benzene rings is 1. The number of fused-ring (bicyclic) bond motifs is 1. The van der Waals surface area contributed by atoms with Gasteiger partial charge in [-0.05, 0) is 32.3 Å². The van der Waals surface area contributed by atoms with Gasteiger partial charge in [-0.3, -0.25) is 4.79 Å². The minimum absolute atomic E-state index is 0.136. The van der Waals surface area contributed by atoms with Crippen LogP contribution in [0, 0.1) is 6.92 Å². The second-order valence-electron chi connectivity index (χ2n) is 5.69. The standard InChI is InChI=1S/C16H20N4O3S/c1-9-18-12-7-13(23-2)11(8-14(12)24-9)20-16(22)19-10-5-3-4-6-17-15(10)21/h7-8,10H,3-6H2,1-2H3,(H,17,21)(H2,19,20,22)/t10-/m1/s1. The molecule has 0 spiro atoms. The van der Waals surface area contributed by atoms with Crippen molar-refractivity contribution in [1.82, 2.24) is 15.6 Å². The Hall–Kier alpha value is -2.35. The maximum Gasteiger partial charge on any atom is 0.319 e. The van der Waals surface area contributed by atoms with Gasteiger partial charge in [0.05, 0.1) is 28.0 Å². The summed E-state index contributed by atoms with van der Waals surface area (Å²) in [5.74, 6) is 0.399. The molecule has 1 saturated heterocycles. The van der Waals surface area contributed by atoms with E-state index in [0.29, 0.717) is 24.4 Å². The predicted molar refractivity (Wildman–Crippen MR) is 93.7 cm³/mol. The zero-order valence-electron chi connectivity index (χ0n) is 13.6. The molecule has 24 heavy (non-hydrogen) atoms. The molecule has 0 saturated carbocycles. The second-order valence-corrected chi connectivity index (χ2v) is 6.93. The fraction of sp³-hybridized carbons (Fsp3) is 0.438. The number of rotatable bonds is 3. The molecule has 0 aliphatic carbocycles. The molecule has 2 aromatic rings. The van der Waals surface area contributed by atoms with Crippen LogP contribution in [0.2, 0.25) is 0 Å². The van der Waals surface area contributed by atoms with Crippen molar-refractivity contribution in [2.24, 2.45) is 0 Å². The number of nitrogens with one attached hydrogen (secondary N) is 3. The Morgan fingerprint density at radius 2 is 2.25 bits per heavy atom. The van der Waals surface area contributed by atoms with Crippen LogP contribution < -0.4 is 20.7 Å². The smallest absolute Gasteiger partial charge is 0.319 e. The van der Waals surface area contributed by atoms with E-state index >= 15 is 0 Å². The third-order valence-electron chi connectivity index (χ3n) is 3.91. The van der Waals surface area contributed by atoms with E-state index in [0.717, 1.165) is 28.1 Å². The fourth-order valence-corrected chi connectivity index (χ4v) is 3.58. The average molecular weight is 348 g/mol. The van der Waals surface area contributed by atoms with Crippen molar-refractivity contribution in [2.45, 2.75) is 32.2 Å². The number of carbonyl (C=O) groups excluding carboxylic acids is 2. The summed E-state index contributed by atoms with van der Waals surface area (Å²) in [5, 5.41) is 9.26. The molecular formula is C16H20N4O3S. The Labute approximate surface area is 143 Å². The van der Waals surface area contributed by atoms with E-state index < -0.39 is 12.1 Å². The Morgan fingerprint density at radius 3 is 3.04 bits per heavy atom. The molecule has 1 aliphatic rings. The number of nitrogens with zero attached hydrogens (tertiary/aromatic N) is 1. The van der Waals surface area contributed by atoms with Crippen molar-refractivity contribution in [3.63, 3.8) is 0 Å². The Bertz CT molecular complexity index is 774. The highest BCUT2D eigenvalue weighted by atomic mass is 32.1. The minimum Gasteiger partial charge on any atom is -0.494 e. The highest BCUT2D eigenvalue weighted by molar-refractivity contribution is 7.18. The molecule has 0 radical (unpaired) electrons. The normalized spacial score (nSPS) is 17.9. The molecule has 8 heteroatoms. The number of aryl methyl sites for hydroxylation is 1. The number of hydrogen-bond donors (Lipinski definition) is 3. The number of amides is 3. The predicted octanol–water partition coefficient (Wildman–Crippen LogP) is 2.40. The van der Waals surface area contributed by atoms with E-state index in [1.165, 1.54) is 0 Å². The SMILES string of the molecule is COc1cc2nc(C)sc2cc1NC(=O)N[C@@H]1CCCCNC1=O. The second kappa shape index (κ2) is 7.04. The summed E-state index contributed by atoms with van der Waals surface area (Å²) in [6.45, 7) is 2.59. The van der Waals surface area contributed by atoms with Gasteiger partial charge in [-0.2, -0.15) is 0 Å². The first-order valence-corrected chi connectivity index (χ1v) is 8.69. The van der Waals surface area contributed by atoms with Crippen molar-refractivity contribution in [3.8, 4) is 5.75 Å². The maximum absolute atomic E-state index is 12.3. The molecule has 3 amide bonds. The van der Waals surface area contributed by atoms with Crippen LogP contribution in [0.3, 0.4) is 0 Å². The van der Waals surface area contributed by atoms with Crippen molar-refractivity contribution < 1.29 is 14.3 Å². The maximum atomic E-state index is 12.3. The van der Waals surface area contributed by atoms with Gasteiger partial charge in [0.2, 0.25) is 5.91 Å². The number of methoxy groups -OCH3 is 1. The lowest BCUT2D eigenvalue weighted by molar-refractivity contribution is -0.122. The van der Waals surface area contributed by atoms with Crippen LogP contribution in [0.15, 0.2) is 12.1 Å². The number of carbonyl (C=O) groups is 2. The summed E-state index contributed by atoms with van der Waals surface area (Å²) in [5.41, 5.74) is 1.39. The van der Waals surface area contributed by atoms with Gasteiger partial charge in [0.1, 0.15) is 11.8 Å². The van der Waals surface area contributed by atoms with Crippen LogP contribution in [-0.4, -0.2) is 36.6 Å². The van der Waals surface area contributed by atoms with Crippen molar-refractivity contribution in [1.29, 1.82) is 0 Å². The molecule has 3 N–H and O–H groups in total. The first-order valence-electron chi connectivity index (χ1n) is 7.87. The van der Waals surface area contributed by atoms with Crippen LogP contribution in [0.4, 0.5) is 10.5 Å². The fourth-order valence-electron chi connectivity index (χ4n) is 2.73. The summed E-state index contributed by atoms with van der Waals surface area (Å²) in [6, 6.07) is 2.71. The number of thiazole rings is 1. The van der Waals surface area contributed by atoms with Gasteiger partial charge in [0.15, 0.2) is 0 Å². The summed E-state index contributed by atoms with van der Waals surface area (Å²) < 4.78 is 6.31. The summed E-state index contributed by atoms with van der Waals surface area (Å²) in [4.78, 5) is 28.6. The van der Waals surface area contributed by atoms with Gasteiger partial charge in [-0.25, -0.2) is 9.78 Å². The first-order chi connectivity index (χ1) is 11.6. The third kappa shape index (κ3) is 3.59. The molecule has 3 rings (SSSR count). The molecule has 1 fully saturated rings. The van der Waals surface area contributed by atoms with Crippen LogP contribution >= 0.6 is 11.3 Å². The van der Waals surface area contributed by atoms with Crippen LogP contribution in [0.5, 0.6) is 5.75 Å². The number of aromatic nitrogens is 1. The lowest BCUT2D eigenvalue weighted by atomic mass is 10.1. The number of anilines is 1. The summed E-state index contributed by atoms with van der Waals surface area (Å²) in [7, 11) is 1.54. The van der Waals surface area contributed by atoms with Crippen molar-refractivity contribution in [2.75, 3.05) is 19.0 Å². The molecule has 1 aliphatic heterocycles. The van der Waals surface area contributed by atoms with Crippen LogP contribution in [-0.2, 0) is 4.79 Å². The Morgan fingerprint density at radius 1 is 1.42 bits per heavy atom. The first kappa shape index (κ1) is 16.5. The van der Waals surface area contributed by atoms with Crippen LogP contribution in [0.25, 0.3) is 10.2 Å². The Kier molecular flexibility index (Phi) is 4.84. The lowest BCUT2D eigenvalue weighted by Crippen LogP contribution is -2.47. The average Bonchev–Trinajstić information content (AvgIpc) is 2.78. The van der Waals surface area contributed by atoms with Crippen molar-refractivity contribution >= 4 is 39.2 Å². The molecular weight excluding hydrogens is 328 g/mol. The quantitative estimate of drug-likeness (QED) is 0.794. The molecule has 1 aromatic heterocycles. The Balaban J connectivity index is 1.75. The molecule has 7 nitrogen and oxygen atoms in total.